The van der Waals surface area contributed by atoms with E-state index in [0.717, 1.165) is 25.8 Å². The summed E-state index contributed by atoms with van der Waals surface area (Å²) in [5, 5.41) is 9.64. The second-order valence-electron chi connectivity index (χ2n) is 5.74. The van der Waals surface area contributed by atoms with E-state index >= 15 is 0 Å². The summed E-state index contributed by atoms with van der Waals surface area (Å²) in [4.78, 5) is 2.12. The van der Waals surface area contributed by atoms with Crippen LogP contribution in [0.3, 0.4) is 0 Å². The molecule has 0 saturated carbocycles. The Hall–Kier alpha value is -0.170. The van der Waals surface area contributed by atoms with Gasteiger partial charge in [0.25, 0.3) is 0 Å². The van der Waals surface area contributed by atoms with Crippen LogP contribution in [0.25, 0.3) is 0 Å². The minimum absolute atomic E-state index is 0.112. The van der Waals surface area contributed by atoms with E-state index < -0.39 is 9.84 Å². The van der Waals surface area contributed by atoms with Crippen molar-refractivity contribution in [2.24, 2.45) is 5.41 Å². The molecule has 106 valence electrons. The number of ether oxygens (including phenoxy) is 1. The second-order valence-corrected chi connectivity index (χ2v) is 7.97. The van der Waals surface area contributed by atoms with Crippen molar-refractivity contribution in [1.29, 1.82) is 0 Å². The van der Waals surface area contributed by atoms with Crippen LogP contribution in [0.5, 0.6) is 0 Å². The Morgan fingerprint density at radius 1 is 1.39 bits per heavy atom. The van der Waals surface area contributed by atoms with E-state index in [1.165, 1.54) is 0 Å². The van der Waals surface area contributed by atoms with Gasteiger partial charge in [0, 0.05) is 31.2 Å². The van der Waals surface area contributed by atoms with Gasteiger partial charge in [0.2, 0.25) is 0 Å². The van der Waals surface area contributed by atoms with Crippen LogP contribution in [-0.4, -0.2) is 69.4 Å². The lowest BCUT2D eigenvalue weighted by Gasteiger charge is -2.40. The van der Waals surface area contributed by atoms with E-state index in [1.54, 1.807) is 0 Å². The number of nitrogens with zero attached hydrogens (tertiary/aromatic N) is 1. The maximum Gasteiger partial charge on any atom is 0.151 e. The Bertz CT molecular complexity index is 376. The third kappa shape index (κ3) is 3.23. The highest BCUT2D eigenvalue weighted by atomic mass is 32.2. The summed E-state index contributed by atoms with van der Waals surface area (Å²) < 4.78 is 28.3. The number of sulfone groups is 1. The standard InChI is InChI=1S/C12H23NO4S/c1-13(11-2-7-18(15,16)8-11)9-12(10-14)3-5-17-6-4-12/h11,14H,2-10H2,1H3. The van der Waals surface area contributed by atoms with Gasteiger partial charge in [0.1, 0.15) is 0 Å². The van der Waals surface area contributed by atoms with Crippen LogP contribution in [-0.2, 0) is 14.6 Å². The third-order valence-corrected chi connectivity index (χ3v) is 6.06. The number of aliphatic hydroxyl groups excluding tert-OH is 1. The maximum absolute atomic E-state index is 11.5. The lowest BCUT2D eigenvalue weighted by molar-refractivity contribution is -0.0349. The van der Waals surface area contributed by atoms with Crippen molar-refractivity contribution >= 4 is 9.84 Å². The zero-order chi connectivity index (χ0) is 13.2. The van der Waals surface area contributed by atoms with E-state index in [4.69, 9.17) is 4.74 Å². The van der Waals surface area contributed by atoms with Crippen LogP contribution < -0.4 is 0 Å². The molecule has 1 atom stereocenters. The summed E-state index contributed by atoms with van der Waals surface area (Å²) in [6, 6.07) is 0.112. The summed E-state index contributed by atoms with van der Waals surface area (Å²) in [7, 11) is -0.866. The normalized spacial score (nSPS) is 30.7. The Kier molecular flexibility index (Phi) is 4.31. The lowest BCUT2D eigenvalue weighted by atomic mass is 9.80. The van der Waals surface area contributed by atoms with Crippen molar-refractivity contribution in [3.05, 3.63) is 0 Å². The molecule has 0 aromatic rings. The molecule has 2 rings (SSSR count). The van der Waals surface area contributed by atoms with E-state index in [0.29, 0.717) is 19.0 Å². The zero-order valence-corrected chi connectivity index (χ0v) is 11.8. The molecule has 0 radical (unpaired) electrons. The minimum Gasteiger partial charge on any atom is -0.396 e. The van der Waals surface area contributed by atoms with Gasteiger partial charge in [-0.05, 0) is 26.3 Å². The predicted molar refractivity (Wildman–Crippen MR) is 69.3 cm³/mol. The van der Waals surface area contributed by atoms with Gasteiger partial charge in [0.05, 0.1) is 18.1 Å². The predicted octanol–water partition coefficient (Wildman–Crippen LogP) is -0.106. The Morgan fingerprint density at radius 2 is 2.06 bits per heavy atom. The molecule has 0 aliphatic carbocycles. The average Bonchev–Trinajstić information content (AvgIpc) is 2.71. The average molecular weight is 277 g/mol. The molecule has 18 heavy (non-hydrogen) atoms. The van der Waals surface area contributed by atoms with Crippen LogP contribution in [0.4, 0.5) is 0 Å². The summed E-state index contributed by atoms with van der Waals surface area (Å²) >= 11 is 0. The van der Waals surface area contributed by atoms with Crippen LogP contribution in [0.2, 0.25) is 0 Å². The van der Waals surface area contributed by atoms with Gasteiger partial charge < -0.3 is 14.7 Å². The van der Waals surface area contributed by atoms with Gasteiger partial charge >= 0.3 is 0 Å². The van der Waals surface area contributed by atoms with Gasteiger partial charge in [-0.1, -0.05) is 0 Å². The van der Waals surface area contributed by atoms with Gasteiger partial charge in [-0.2, -0.15) is 0 Å². The Morgan fingerprint density at radius 3 is 2.56 bits per heavy atom. The molecule has 0 aromatic heterocycles. The van der Waals surface area contributed by atoms with Crippen LogP contribution >= 0.6 is 0 Å². The van der Waals surface area contributed by atoms with Crippen LogP contribution in [0, 0.1) is 5.41 Å². The van der Waals surface area contributed by atoms with Crippen molar-refractivity contribution < 1.29 is 18.3 Å². The number of hydrogen-bond donors (Lipinski definition) is 1. The largest absolute Gasteiger partial charge is 0.396 e. The summed E-state index contributed by atoms with van der Waals surface area (Å²) in [6.45, 7) is 2.29. The van der Waals surface area contributed by atoms with E-state index in [9.17, 15) is 13.5 Å². The van der Waals surface area contributed by atoms with Gasteiger partial charge in [-0.25, -0.2) is 8.42 Å². The summed E-state index contributed by atoms with van der Waals surface area (Å²) in [6.07, 6.45) is 2.43. The fraction of sp³-hybridized carbons (Fsp3) is 1.00. The van der Waals surface area contributed by atoms with Crippen molar-refractivity contribution in [3.63, 3.8) is 0 Å². The topological polar surface area (TPSA) is 66.8 Å². The van der Waals surface area contributed by atoms with Crippen molar-refractivity contribution in [2.75, 3.05) is 44.9 Å². The van der Waals surface area contributed by atoms with E-state index in [-0.39, 0.29) is 23.8 Å². The van der Waals surface area contributed by atoms with E-state index in [1.807, 2.05) is 7.05 Å². The SMILES string of the molecule is CN(CC1(CO)CCOCC1)C1CCS(=O)(=O)C1. The summed E-state index contributed by atoms with van der Waals surface area (Å²) in [5.74, 6) is 0.568. The minimum atomic E-state index is -2.84. The molecule has 2 saturated heterocycles. The molecule has 6 heteroatoms. The quantitative estimate of drug-likeness (QED) is 0.777. The highest BCUT2D eigenvalue weighted by molar-refractivity contribution is 7.91. The molecule has 0 spiro atoms. The maximum atomic E-state index is 11.5. The first-order chi connectivity index (χ1) is 8.46. The molecule has 0 aromatic carbocycles. The molecule has 2 heterocycles. The fourth-order valence-electron chi connectivity index (χ4n) is 2.95. The first-order valence-corrected chi connectivity index (χ1v) is 8.38. The lowest BCUT2D eigenvalue weighted by Crippen LogP contribution is -2.46. The molecular formula is C12H23NO4S. The van der Waals surface area contributed by atoms with Crippen molar-refractivity contribution in [2.45, 2.75) is 25.3 Å². The molecule has 2 aliphatic rings. The highest BCUT2D eigenvalue weighted by Crippen LogP contribution is 2.32. The van der Waals surface area contributed by atoms with Crippen LogP contribution in [0.1, 0.15) is 19.3 Å². The Labute approximate surface area is 109 Å². The Balaban J connectivity index is 1.95. The number of aliphatic hydroxyl groups is 1. The van der Waals surface area contributed by atoms with Crippen molar-refractivity contribution in [1.82, 2.24) is 4.90 Å². The number of hydrogen-bond acceptors (Lipinski definition) is 5. The molecular weight excluding hydrogens is 254 g/mol. The molecule has 2 aliphatic heterocycles. The molecule has 1 unspecified atom stereocenters. The molecule has 0 amide bonds. The van der Waals surface area contributed by atoms with Crippen LogP contribution in [0.15, 0.2) is 0 Å². The van der Waals surface area contributed by atoms with Gasteiger partial charge in [-0.3, -0.25) is 0 Å². The smallest absolute Gasteiger partial charge is 0.151 e. The monoisotopic (exact) mass is 277 g/mol. The van der Waals surface area contributed by atoms with Gasteiger partial charge in [0.15, 0.2) is 9.84 Å². The molecule has 2 fully saturated rings. The van der Waals surface area contributed by atoms with E-state index in [2.05, 4.69) is 4.90 Å². The second kappa shape index (κ2) is 5.45. The summed E-state index contributed by atoms with van der Waals surface area (Å²) in [5.41, 5.74) is -0.112. The van der Waals surface area contributed by atoms with Crippen molar-refractivity contribution in [3.8, 4) is 0 Å². The first kappa shape index (κ1) is 14.2. The highest BCUT2D eigenvalue weighted by Gasteiger charge is 2.37. The van der Waals surface area contributed by atoms with Gasteiger partial charge in [-0.15, -0.1) is 0 Å². The fourth-order valence-corrected chi connectivity index (χ4v) is 4.76. The first-order valence-electron chi connectivity index (χ1n) is 6.56. The molecule has 5 nitrogen and oxygen atoms in total. The zero-order valence-electron chi connectivity index (χ0n) is 11.0. The third-order valence-electron chi connectivity index (χ3n) is 4.31. The molecule has 1 N–H and O–H groups in total. The molecule has 0 bridgehead atoms. The number of rotatable bonds is 4.